The monoisotopic (exact) mass is 269 g/mol. The number of amides is 1. The summed E-state index contributed by atoms with van der Waals surface area (Å²) in [7, 11) is 1.73. The van der Waals surface area contributed by atoms with Crippen LogP contribution in [-0.4, -0.2) is 17.9 Å². The molecule has 0 radical (unpaired) electrons. The van der Waals surface area contributed by atoms with Gasteiger partial charge in [0.15, 0.2) is 0 Å². The smallest absolute Gasteiger partial charge is 0.228 e. The second kappa shape index (κ2) is 6.19. The van der Waals surface area contributed by atoms with Crippen LogP contribution < -0.4 is 10.6 Å². The highest BCUT2D eigenvalue weighted by Gasteiger charge is 2.12. The molecule has 0 fully saturated rings. The van der Waals surface area contributed by atoms with E-state index in [1.54, 1.807) is 30.3 Å². The van der Waals surface area contributed by atoms with Crippen molar-refractivity contribution in [1.82, 2.24) is 4.98 Å². The molecule has 0 unspecified atom stereocenters. The maximum atomic E-state index is 12.2. The molecule has 0 spiro atoms. The topological polar surface area (TPSA) is 59.2 Å². The summed E-state index contributed by atoms with van der Waals surface area (Å²) in [6, 6.07) is 11.6. The lowest BCUT2D eigenvalue weighted by atomic mass is 10.0. The van der Waals surface area contributed by atoms with Gasteiger partial charge in [-0.2, -0.15) is 0 Å². The number of nitrogens with zero attached hydrogens (tertiary/aromatic N) is 2. The number of benzene rings is 1. The van der Waals surface area contributed by atoms with E-state index in [0.717, 1.165) is 6.42 Å². The lowest BCUT2D eigenvalue weighted by molar-refractivity contribution is -0.118. The van der Waals surface area contributed by atoms with Gasteiger partial charge in [-0.05, 0) is 36.6 Å². The van der Waals surface area contributed by atoms with Crippen LogP contribution in [0.3, 0.4) is 0 Å². The molecule has 20 heavy (non-hydrogen) atoms. The van der Waals surface area contributed by atoms with Gasteiger partial charge in [0.2, 0.25) is 5.91 Å². The van der Waals surface area contributed by atoms with E-state index in [2.05, 4.69) is 24.0 Å². The Kier molecular flexibility index (Phi) is 4.35. The second-order valence-corrected chi connectivity index (χ2v) is 4.83. The number of rotatable bonds is 4. The van der Waals surface area contributed by atoms with Crippen LogP contribution in [0.15, 0.2) is 42.6 Å². The number of hydrogen-bond acceptors (Lipinski definition) is 3. The molecule has 0 aliphatic carbocycles. The Morgan fingerprint density at radius 3 is 2.65 bits per heavy atom. The third kappa shape index (κ3) is 3.35. The van der Waals surface area contributed by atoms with Gasteiger partial charge in [0, 0.05) is 13.5 Å². The van der Waals surface area contributed by atoms with Crippen molar-refractivity contribution in [1.29, 1.82) is 0 Å². The molecule has 1 aromatic heterocycles. The van der Waals surface area contributed by atoms with Gasteiger partial charge in [0.1, 0.15) is 5.82 Å². The maximum absolute atomic E-state index is 12.2. The van der Waals surface area contributed by atoms with Gasteiger partial charge in [-0.25, -0.2) is 4.98 Å². The summed E-state index contributed by atoms with van der Waals surface area (Å²) in [5.74, 6) is 0.666. The number of nitrogens with two attached hydrogens (primary N) is 1. The Morgan fingerprint density at radius 1 is 1.25 bits per heavy atom. The fraction of sp³-hybridized carbons (Fsp3) is 0.250. The predicted octanol–water partition coefficient (Wildman–Crippen LogP) is 2.57. The van der Waals surface area contributed by atoms with Gasteiger partial charge in [-0.3, -0.25) is 9.69 Å². The van der Waals surface area contributed by atoms with Crippen LogP contribution in [0.25, 0.3) is 0 Å². The van der Waals surface area contributed by atoms with E-state index in [1.807, 2.05) is 12.1 Å². The lowest BCUT2D eigenvalue weighted by Gasteiger charge is -2.16. The SMILES string of the molecule is Cc1ccccc1CCC(=O)N(C)c1ccc(N)cn1. The summed E-state index contributed by atoms with van der Waals surface area (Å²) in [5.41, 5.74) is 8.60. The maximum Gasteiger partial charge on any atom is 0.228 e. The fourth-order valence-corrected chi connectivity index (χ4v) is 2.02. The average molecular weight is 269 g/mol. The number of anilines is 2. The first-order valence-electron chi connectivity index (χ1n) is 6.60. The van der Waals surface area contributed by atoms with Gasteiger partial charge >= 0.3 is 0 Å². The van der Waals surface area contributed by atoms with Crippen molar-refractivity contribution in [3.63, 3.8) is 0 Å². The molecule has 0 atom stereocenters. The van der Waals surface area contributed by atoms with Crippen LogP contribution in [0.4, 0.5) is 11.5 Å². The van der Waals surface area contributed by atoms with Crippen LogP contribution in [-0.2, 0) is 11.2 Å². The first-order valence-corrected chi connectivity index (χ1v) is 6.60. The standard InChI is InChI=1S/C16H19N3O/c1-12-5-3-4-6-13(12)7-10-16(20)19(2)15-9-8-14(17)11-18-15/h3-6,8-9,11H,7,10,17H2,1-2H3. The first kappa shape index (κ1) is 14.1. The zero-order valence-electron chi connectivity index (χ0n) is 11.8. The number of carbonyl (C=O) groups excluding carboxylic acids is 1. The summed E-state index contributed by atoms with van der Waals surface area (Å²) < 4.78 is 0. The van der Waals surface area contributed by atoms with Crippen molar-refractivity contribution in [3.8, 4) is 0 Å². The van der Waals surface area contributed by atoms with Gasteiger partial charge in [0.25, 0.3) is 0 Å². The minimum absolute atomic E-state index is 0.0468. The summed E-state index contributed by atoms with van der Waals surface area (Å²) in [6.07, 6.45) is 2.76. The average Bonchev–Trinajstić information content (AvgIpc) is 2.46. The van der Waals surface area contributed by atoms with E-state index in [9.17, 15) is 4.79 Å². The van der Waals surface area contributed by atoms with Gasteiger partial charge in [0.05, 0.1) is 11.9 Å². The van der Waals surface area contributed by atoms with Crippen molar-refractivity contribution in [2.45, 2.75) is 19.8 Å². The van der Waals surface area contributed by atoms with Crippen molar-refractivity contribution >= 4 is 17.4 Å². The van der Waals surface area contributed by atoms with Crippen LogP contribution in [0, 0.1) is 6.92 Å². The minimum Gasteiger partial charge on any atom is -0.397 e. The van der Waals surface area contributed by atoms with E-state index in [0.29, 0.717) is 17.9 Å². The lowest BCUT2D eigenvalue weighted by Crippen LogP contribution is -2.27. The van der Waals surface area contributed by atoms with Crippen molar-refractivity contribution < 1.29 is 4.79 Å². The zero-order valence-corrected chi connectivity index (χ0v) is 11.8. The molecule has 1 amide bonds. The number of aromatic nitrogens is 1. The first-order chi connectivity index (χ1) is 9.58. The molecule has 4 nitrogen and oxygen atoms in total. The molecule has 0 bridgehead atoms. The second-order valence-electron chi connectivity index (χ2n) is 4.83. The quantitative estimate of drug-likeness (QED) is 0.928. The Bertz CT molecular complexity index is 593. The molecule has 0 saturated heterocycles. The summed E-state index contributed by atoms with van der Waals surface area (Å²) >= 11 is 0. The van der Waals surface area contributed by atoms with E-state index in [1.165, 1.54) is 11.1 Å². The van der Waals surface area contributed by atoms with Gasteiger partial charge < -0.3 is 5.73 Å². The van der Waals surface area contributed by atoms with Crippen LogP contribution >= 0.6 is 0 Å². The molecule has 0 aliphatic heterocycles. The molecule has 4 heteroatoms. The molecule has 2 aromatic rings. The van der Waals surface area contributed by atoms with E-state index in [-0.39, 0.29) is 5.91 Å². The molecule has 1 aromatic carbocycles. The molecule has 0 saturated carbocycles. The summed E-state index contributed by atoms with van der Waals surface area (Å²) in [6.45, 7) is 2.06. The third-order valence-electron chi connectivity index (χ3n) is 3.36. The normalized spacial score (nSPS) is 10.3. The summed E-state index contributed by atoms with van der Waals surface area (Å²) in [4.78, 5) is 17.9. The van der Waals surface area contributed by atoms with E-state index in [4.69, 9.17) is 5.73 Å². The summed E-state index contributed by atoms with van der Waals surface area (Å²) in [5, 5.41) is 0. The molecule has 104 valence electrons. The van der Waals surface area contributed by atoms with E-state index >= 15 is 0 Å². The highest BCUT2D eigenvalue weighted by molar-refractivity contribution is 5.92. The highest BCUT2D eigenvalue weighted by atomic mass is 16.2. The number of hydrogen-bond donors (Lipinski definition) is 1. The molecule has 1 heterocycles. The van der Waals surface area contributed by atoms with Crippen LogP contribution in [0.5, 0.6) is 0 Å². The molecule has 0 aliphatic rings. The molecular formula is C16H19N3O. The Hall–Kier alpha value is -2.36. The largest absolute Gasteiger partial charge is 0.397 e. The predicted molar refractivity (Wildman–Crippen MR) is 81.6 cm³/mol. The molecule has 2 N–H and O–H groups in total. The van der Waals surface area contributed by atoms with Gasteiger partial charge in [-0.1, -0.05) is 24.3 Å². The number of aryl methyl sites for hydroxylation is 2. The third-order valence-corrected chi connectivity index (χ3v) is 3.36. The van der Waals surface area contributed by atoms with Crippen LogP contribution in [0.2, 0.25) is 0 Å². The number of carbonyl (C=O) groups is 1. The molecule has 2 rings (SSSR count). The fourth-order valence-electron chi connectivity index (χ4n) is 2.02. The van der Waals surface area contributed by atoms with Crippen molar-refractivity contribution in [2.75, 3.05) is 17.7 Å². The minimum atomic E-state index is 0.0468. The highest BCUT2D eigenvalue weighted by Crippen LogP contribution is 2.14. The van der Waals surface area contributed by atoms with Crippen LogP contribution in [0.1, 0.15) is 17.5 Å². The number of pyridine rings is 1. The molecular weight excluding hydrogens is 250 g/mol. The van der Waals surface area contributed by atoms with E-state index < -0.39 is 0 Å². The Labute approximate surface area is 119 Å². The van der Waals surface area contributed by atoms with Crippen molar-refractivity contribution in [2.24, 2.45) is 0 Å². The van der Waals surface area contributed by atoms with Gasteiger partial charge in [-0.15, -0.1) is 0 Å². The Balaban J connectivity index is 1.98. The Morgan fingerprint density at radius 2 is 2.00 bits per heavy atom. The zero-order chi connectivity index (χ0) is 14.5. The number of nitrogen functional groups attached to an aromatic ring is 1. The van der Waals surface area contributed by atoms with Crippen molar-refractivity contribution in [3.05, 3.63) is 53.7 Å².